The Morgan fingerprint density at radius 1 is 1.39 bits per heavy atom. The van der Waals surface area contributed by atoms with Gasteiger partial charge in [0.25, 0.3) is 5.56 Å². The Balaban J connectivity index is 2.07. The molecule has 0 aliphatic rings. The molecule has 7 heteroatoms. The van der Waals surface area contributed by atoms with E-state index in [2.05, 4.69) is 9.97 Å². The minimum absolute atomic E-state index is 0.118. The maximum Gasteiger partial charge on any atom is 0.346 e. The Labute approximate surface area is 134 Å². The van der Waals surface area contributed by atoms with Crippen molar-refractivity contribution in [2.45, 2.75) is 20.3 Å². The molecule has 0 bridgehead atoms. The van der Waals surface area contributed by atoms with Crippen LogP contribution in [0.5, 0.6) is 0 Å². The molecule has 2 heterocycles. The number of hydrogen-bond donors (Lipinski definition) is 2. The second-order valence-corrected chi connectivity index (χ2v) is 6.31. The van der Waals surface area contributed by atoms with Gasteiger partial charge in [-0.1, -0.05) is 12.1 Å². The molecule has 0 amide bonds. The van der Waals surface area contributed by atoms with Gasteiger partial charge in [0.2, 0.25) is 0 Å². The predicted octanol–water partition coefficient (Wildman–Crippen LogP) is 3.03. The standard InChI is InChI=1S/C16H13FN2O3S/c1-7-5-9(3-4-10(7)17)6-11-18-14(20)12-8(2)13(16(21)22)23-15(12)19-11/h3-5H,6H2,1-2H3,(H,21,22)(H,18,19,20). The topological polar surface area (TPSA) is 83.0 Å². The summed E-state index contributed by atoms with van der Waals surface area (Å²) in [6.45, 7) is 3.27. The van der Waals surface area contributed by atoms with Crippen LogP contribution in [-0.2, 0) is 6.42 Å². The number of fused-ring (bicyclic) bond motifs is 1. The zero-order valence-electron chi connectivity index (χ0n) is 12.4. The van der Waals surface area contributed by atoms with Crippen LogP contribution in [0.1, 0.15) is 32.2 Å². The van der Waals surface area contributed by atoms with Crippen molar-refractivity contribution in [1.82, 2.24) is 9.97 Å². The monoisotopic (exact) mass is 332 g/mol. The SMILES string of the molecule is Cc1cc(Cc2nc3sc(C(=O)O)c(C)c3c(=O)[nH]2)ccc1F. The largest absolute Gasteiger partial charge is 0.477 e. The molecular weight excluding hydrogens is 319 g/mol. The van der Waals surface area contributed by atoms with Crippen molar-refractivity contribution in [1.29, 1.82) is 0 Å². The van der Waals surface area contributed by atoms with Gasteiger partial charge in [0, 0.05) is 6.42 Å². The van der Waals surface area contributed by atoms with Gasteiger partial charge in [0.1, 0.15) is 21.3 Å². The molecule has 0 spiro atoms. The van der Waals surface area contributed by atoms with Crippen LogP contribution in [0.25, 0.3) is 10.2 Å². The second-order valence-electron chi connectivity index (χ2n) is 5.31. The van der Waals surface area contributed by atoms with E-state index in [0.717, 1.165) is 16.9 Å². The fourth-order valence-electron chi connectivity index (χ4n) is 2.49. The number of rotatable bonds is 3. The molecule has 5 nitrogen and oxygen atoms in total. The van der Waals surface area contributed by atoms with E-state index >= 15 is 0 Å². The lowest BCUT2D eigenvalue weighted by molar-refractivity contribution is 0.0701. The van der Waals surface area contributed by atoms with Crippen molar-refractivity contribution in [3.05, 3.63) is 61.8 Å². The number of benzene rings is 1. The van der Waals surface area contributed by atoms with Gasteiger partial charge in [-0.3, -0.25) is 4.79 Å². The van der Waals surface area contributed by atoms with E-state index < -0.39 is 5.97 Å². The summed E-state index contributed by atoms with van der Waals surface area (Å²) in [5.74, 6) is -0.932. The highest BCUT2D eigenvalue weighted by atomic mass is 32.1. The molecule has 0 aliphatic heterocycles. The Kier molecular flexibility index (Phi) is 3.73. The summed E-state index contributed by atoms with van der Waals surface area (Å²) in [6, 6.07) is 4.70. The Hall–Kier alpha value is -2.54. The molecule has 1 aromatic carbocycles. The molecule has 2 aromatic heterocycles. The maximum atomic E-state index is 13.3. The third-order valence-corrected chi connectivity index (χ3v) is 4.81. The molecule has 2 N–H and O–H groups in total. The highest BCUT2D eigenvalue weighted by molar-refractivity contribution is 7.20. The van der Waals surface area contributed by atoms with Gasteiger partial charge in [-0.2, -0.15) is 0 Å². The number of nitrogens with zero attached hydrogens (tertiary/aromatic N) is 1. The zero-order valence-corrected chi connectivity index (χ0v) is 13.3. The molecule has 0 atom stereocenters. The highest BCUT2D eigenvalue weighted by Crippen LogP contribution is 2.27. The fourth-order valence-corrected chi connectivity index (χ4v) is 3.53. The summed E-state index contributed by atoms with van der Waals surface area (Å²) in [7, 11) is 0. The van der Waals surface area contributed by atoms with Gasteiger partial charge >= 0.3 is 5.97 Å². The van der Waals surface area contributed by atoms with Crippen molar-refractivity contribution in [3.8, 4) is 0 Å². The molecule has 0 fully saturated rings. The van der Waals surface area contributed by atoms with E-state index in [-0.39, 0.29) is 16.3 Å². The minimum atomic E-state index is -1.07. The summed E-state index contributed by atoms with van der Waals surface area (Å²) in [5, 5.41) is 9.47. The van der Waals surface area contributed by atoms with E-state index in [1.54, 1.807) is 26.0 Å². The number of carboxylic acid groups (broad SMARTS) is 1. The number of thiophene rings is 1. The number of nitrogens with one attached hydrogen (secondary N) is 1. The third kappa shape index (κ3) is 2.75. The summed E-state index contributed by atoms with van der Waals surface area (Å²) in [4.78, 5) is 31.0. The third-order valence-electron chi connectivity index (χ3n) is 3.64. The number of aromatic carboxylic acids is 1. The van der Waals surface area contributed by atoms with Crippen LogP contribution in [0.4, 0.5) is 4.39 Å². The number of aryl methyl sites for hydroxylation is 2. The first-order valence-electron chi connectivity index (χ1n) is 6.87. The maximum absolute atomic E-state index is 13.3. The Morgan fingerprint density at radius 2 is 2.13 bits per heavy atom. The Morgan fingerprint density at radius 3 is 2.78 bits per heavy atom. The van der Waals surface area contributed by atoms with E-state index in [0.29, 0.717) is 33.6 Å². The smallest absolute Gasteiger partial charge is 0.346 e. The number of carboxylic acids is 1. The highest BCUT2D eigenvalue weighted by Gasteiger charge is 2.18. The molecular formula is C16H13FN2O3S. The van der Waals surface area contributed by atoms with Gasteiger partial charge in [-0.15, -0.1) is 11.3 Å². The van der Waals surface area contributed by atoms with E-state index in [9.17, 15) is 14.0 Å². The number of halogens is 1. The molecule has 3 aromatic rings. The van der Waals surface area contributed by atoms with Crippen molar-refractivity contribution in [2.24, 2.45) is 0 Å². The van der Waals surface area contributed by atoms with Crippen LogP contribution in [-0.4, -0.2) is 21.0 Å². The second kappa shape index (κ2) is 5.58. The van der Waals surface area contributed by atoms with Crippen LogP contribution in [0.15, 0.2) is 23.0 Å². The van der Waals surface area contributed by atoms with Crippen LogP contribution < -0.4 is 5.56 Å². The van der Waals surface area contributed by atoms with E-state index in [1.807, 2.05) is 0 Å². The number of aromatic nitrogens is 2. The summed E-state index contributed by atoms with van der Waals surface area (Å²) in [5.41, 5.74) is 1.41. The lowest BCUT2D eigenvalue weighted by Crippen LogP contribution is -2.12. The molecule has 3 rings (SSSR count). The molecule has 0 aliphatic carbocycles. The van der Waals surface area contributed by atoms with Gasteiger partial charge in [0.05, 0.1) is 5.39 Å². The van der Waals surface area contributed by atoms with Gasteiger partial charge in [0.15, 0.2) is 0 Å². The molecule has 0 unspecified atom stereocenters. The predicted molar refractivity (Wildman–Crippen MR) is 85.9 cm³/mol. The number of H-pyrrole nitrogens is 1. The van der Waals surface area contributed by atoms with Crippen LogP contribution in [0, 0.1) is 19.7 Å². The van der Waals surface area contributed by atoms with Crippen molar-refractivity contribution >= 4 is 27.5 Å². The van der Waals surface area contributed by atoms with Gasteiger partial charge < -0.3 is 10.1 Å². The quantitative estimate of drug-likeness (QED) is 0.772. The van der Waals surface area contributed by atoms with Crippen molar-refractivity contribution in [3.63, 3.8) is 0 Å². The molecule has 0 saturated heterocycles. The van der Waals surface area contributed by atoms with Crippen LogP contribution in [0.2, 0.25) is 0 Å². The van der Waals surface area contributed by atoms with E-state index in [1.165, 1.54) is 6.07 Å². The van der Waals surface area contributed by atoms with Gasteiger partial charge in [-0.05, 0) is 36.6 Å². The zero-order chi connectivity index (χ0) is 16.7. The number of hydrogen-bond acceptors (Lipinski definition) is 4. The fraction of sp³-hybridized carbons (Fsp3) is 0.188. The van der Waals surface area contributed by atoms with E-state index in [4.69, 9.17) is 5.11 Å². The molecule has 0 radical (unpaired) electrons. The lowest BCUT2D eigenvalue weighted by atomic mass is 10.1. The normalized spacial score (nSPS) is 11.1. The first kappa shape index (κ1) is 15.4. The van der Waals surface area contributed by atoms with Gasteiger partial charge in [-0.25, -0.2) is 14.2 Å². The number of aromatic amines is 1. The summed E-state index contributed by atoms with van der Waals surface area (Å²) >= 11 is 0.986. The molecule has 0 saturated carbocycles. The summed E-state index contributed by atoms with van der Waals surface area (Å²) in [6.07, 6.45) is 0.339. The number of carbonyl (C=O) groups is 1. The van der Waals surface area contributed by atoms with Crippen LogP contribution in [0.3, 0.4) is 0 Å². The molecule has 118 valence electrons. The lowest BCUT2D eigenvalue weighted by Gasteiger charge is -2.04. The summed E-state index contributed by atoms with van der Waals surface area (Å²) < 4.78 is 13.3. The van der Waals surface area contributed by atoms with Crippen molar-refractivity contribution in [2.75, 3.05) is 0 Å². The molecule has 23 heavy (non-hydrogen) atoms. The average Bonchev–Trinajstić information content (AvgIpc) is 2.80. The minimum Gasteiger partial charge on any atom is -0.477 e. The first-order chi connectivity index (χ1) is 10.9. The average molecular weight is 332 g/mol. The van der Waals surface area contributed by atoms with Crippen molar-refractivity contribution < 1.29 is 14.3 Å². The van der Waals surface area contributed by atoms with Crippen LogP contribution >= 0.6 is 11.3 Å². The Bertz CT molecular complexity index is 991. The first-order valence-corrected chi connectivity index (χ1v) is 7.69.